The Morgan fingerprint density at radius 3 is 2.57 bits per heavy atom. The molecule has 1 amide bonds. The number of amides is 1. The fraction of sp³-hybridized carbons (Fsp3) is 0.333. The molecular formula is C15H17BrFNO3. The van der Waals surface area contributed by atoms with Gasteiger partial charge < -0.3 is 10.0 Å². The topological polar surface area (TPSA) is 57.6 Å². The zero-order valence-electron chi connectivity index (χ0n) is 12.1. The first-order valence-electron chi connectivity index (χ1n) is 6.38. The van der Waals surface area contributed by atoms with E-state index in [1.807, 2.05) is 0 Å². The molecule has 0 aliphatic heterocycles. The third kappa shape index (κ3) is 4.14. The fourth-order valence-corrected chi connectivity index (χ4v) is 2.21. The van der Waals surface area contributed by atoms with Crippen molar-refractivity contribution in [3.63, 3.8) is 0 Å². The van der Waals surface area contributed by atoms with Crippen LogP contribution in [0.15, 0.2) is 28.7 Å². The van der Waals surface area contributed by atoms with E-state index < -0.39 is 23.2 Å². The number of nitrogens with zero attached hydrogens (tertiary/aromatic N) is 1. The third-order valence-corrected chi connectivity index (χ3v) is 3.64. The molecule has 114 valence electrons. The van der Waals surface area contributed by atoms with Crippen LogP contribution in [0.1, 0.15) is 26.3 Å². The van der Waals surface area contributed by atoms with Gasteiger partial charge in [0.05, 0.1) is 0 Å². The molecule has 0 saturated heterocycles. The molecule has 1 aromatic carbocycles. The zero-order valence-corrected chi connectivity index (χ0v) is 13.6. The average Bonchev–Trinajstić information content (AvgIpc) is 2.40. The van der Waals surface area contributed by atoms with Gasteiger partial charge in [-0.3, -0.25) is 4.79 Å². The van der Waals surface area contributed by atoms with E-state index in [9.17, 15) is 19.1 Å². The molecule has 0 aromatic heterocycles. The van der Waals surface area contributed by atoms with Crippen LogP contribution in [-0.4, -0.2) is 34.0 Å². The van der Waals surface area contributed by atoms with Gasteiger partial charge in [-0.05, 0) is 45.0 Å². The number of carboxylic acid groups (broad SMARTS) is 1. The monoisotopic (exact) mass is 357 g/mol. The summed E-state index contributed by atoms with van der Waals surface area (Å²) in [7, 11) is 0. The van der Waals surface area contributed by atoms with Crippen LogP contribution in [0.2, 0.25) is 0 Å². The Morgan fingerprint density at radius 2 is 2.05 bits per heavy atom. The number of aliphatic carboxylic acids is 1. The van der Waals surface area contributed by atoms with Crippen LogP contribution >= 0.6 is 15.9 Å². The summed E-state index contributed by atoms with van der Waals surface area (Å²) in [5.74, 6) is -2.04. The summed E-state index contributed by atoms with van der Waals surface area (Å²) in [6.45, 7) is 4.83. The highest BCUT2D eigenvalue weighted by Gasteiger charge is 2.35. The van der Waals surface area contributed by atoms with E-state index in [1.54, 1.807) is 13.0 Å². The lowest BCUT2D eigenvalue weighted by Gasteiger charge is -2.33. The van der Waals surface area contributed by atoms with E-state index >= 15 is 0 Å². The summed E-state index contributed by atoms with van der Waals surface area (Å²) in [5, 5.41) is 9.17. The minimum absolute atomic E-state index is 0.240. The van der Waals surface area contributed by atoms with Gasteiger partial charge in [0.2, 0.25) is 5.91 Å². The van der Waals surface area contributed by atoms with Gasteiger partial charge in [0, 0.05) is 22.7 Å². The second kappa shape index (κ2) is 6.85. The molecule has 0 spiro atoms. The predicted molar refractivity (Wildman–Crippen MR) is 82.2 cm³/mol. The minimum Gasteiger partial charge on any atom is -0.480 e. The molecule has 1 aromatic rings. The van der Waals surface area contributed by atoms with Crippen LogP contribution < -0.4 is 0 Å². The highest BCUT2D eigenvalue weighted by Crippen LogP contribution is 2.18. The predicted octanol–water partition coefficient (Wildman–Crippen LogP) is 3.31. The van der Waals surface area contributed by atoms with Crippen LogP contribution in [0.5, 0.6) is 0 Å². The first-order chi connectivity index (χ1) is 9.70. The number of carbonyl (C=O) groups is 2. The van der Waals surface area contributed by atoms with Crippen molar-refractivity contribution in [1.82, 2.24) is 4.90 Å². The number of carbonyl (C=O) groups excluding carboxylic acids is 1. The minimum atomic E-state index is -1.33. The van der Waals surface area contributed by atoms with Crippen molar-refractivity contribution in [2.75, 3.05) is 6.54 Å². The maximum atomic E-state index is 13.6. The first-order valence-corrected chi connectivity index (χ1v) is 7.17. The van der Waals surface area contributed by atoms with E-state index in [4.69, 9.17) is 0 Å². The second-order valence-electron chi connectivity index (χ2n) is 4.95. The van der Waals surface area contributed by atoms with Crippen LogP contribution in [0, 0.1) is 5.82 Å². The van der Waals surface area contributed by atoms with Crippen molar-refractivity contribution in [2.45, 2.75) is 26.3 Å². The molecule has 1 rings (SSSR count). The summed E-state index contributed by atoms with van der Waals surface area (Å²) < 4.78 is 14.3. The van der Waals surface area contributed by atoms with Gasteiger partial charge in [-0.25, -0.2) is 9.18 Å². The summed E-state index contributed by atoms with van der Waals surface area (Å²) in [5.41, 5.74) is -1.08. The van der Waals surface area contributed by atoms with Crippen molar-refractivity contribution < 1.29 is 19.1 Å². The van der Waals surface area contributed by atoms with E-state index in [0.717, 1.165) is 0 Å². The van der Waals surface area contributed by atoms with E-state index in [0.29, 0.717) is 4.47 Å². The lowest BCUT2D eigenvalue weighted by Crippen LogP contribution is -2.52. The Balaban J connectivity index is 3.00. The molecule has 6 heteroatoms. The Kier molecular flexibility index (Phi) is 5.66. The second-order valence-corrected chi connectivity index (χ2v) is 5.86. The van der Waals surface area contributed by atoms with Gasteiger partial charge >= 0.3 is 5.97 Å². The molecule has 0 fully saturated rings. The number of hydrogen-bond donors (Lipinski definition) is 1. The van der Waals surface area contributed by atoms with Crippen LogP contribution in [0.4, 0.5) is 4.39 Å². The molecule has 0 aliphatic carbocycles. The normalized spacial score (nSPS) is 11.7. The summed E-state index contributed by atoms with van der Waals surface area (Å²) in [6.07, 6.45) is 2.52. The summed E-state index contributed by atoms with van der Waals surface area (Å²) in [6, 6.07) is 4.38. The van der Waals surface area contributed by atoms with Gasteiger partial charge in [0.25, 0.3) is 0 Å². The smallest absolute Gasteiger partial charge is 0.329 e. The van der Waals surface area contributed by atoms with Crippen LogP contribution in [-0.2, 0) is 9.59 Å². The lowest BCUT2D eigenvalue weighted by atomic mass is 10.0. The standard InChI is InChI=1S/C15H17BrFNO3/c1-4-18(15(2,3)14(20)21)13(19)8-5-10-9-11(16)6-7-12(10)17/h5-9H,4H2,1-3H3,(H,20,21). The lowest BCUT2D eigenvalue weighted by molar-refractivity contribution is -0.154. The van der Waals surface area contributed by atoms with Crippen molar-refractivity contribution >= 4 is 33.9 Å². The summed E-state index contributed by atoms with van der Waals surface area (Å²) in [4.78, 5) is 24.6. The largest absolute Gasteiger partial charge is 0.480 e. The van der Waals surface area contributed by atoms with Crippen molar-refractivity contribution in [2.24, 2.45) is 0 Å². The van der Waals surface area contributed by atoms with Gasteiger partial charge in [0.15, 0.2) is 0 Å². The highest BCUT2D eigenvalue weighted by molar-refractivity contribution is 9.10. The molecule has 0 bridgehead atoms. The number of benzene rings is 1. The SMILES string of the molecule is CCN(C(=O)C=Cc1cc(Br)ccc1F)C(C)(C)C(=O)O. The quantitative estimate of drug-likeness (QED) is 0.822. The van der Waals surface area contributed by atoms with Gasteiger partial charge in [-0.1, -0.05) is 15.9 Å². The number of halogens is 2. The zero-order chi connectivity index (χ0) is 16.2. The van der Waals surface area contributed by atoms with E-state index in [-0.39, 0.29) is 12.1 Å². The van der Waals surface area contributed by atoms with Crippen molar-refractivity contribution in [1.29, 1.82) is 0 Å². The van der Waals surface area contributed by atoms with Crippen LogP contribution in [0.3, 0.4) is 0 Å². The molecule has 0 radical (unpaired) electrons. The molecule has 4 nitrogen and oxygen atoms in total. The Hall–Kier alpha value is -1.69. The average molecular weight is 358 g/mol. The maximum absolute atomic E-state index is 13.6. The molecule has 1 N–H and O–H groups in total. The van der Waals surface area contributed by atoms with E-state index in [1.165, 1.54) is 43.0 Å². The molecule has 0 aliphatic rings. The van der Waals surface area contributed by atoms with Crippen molar-refractivity contribution in [3.8, 4) is 0 Å². The molecular weight excluding hydrogens is 341 g/mol. The fourth-order valence-electron chi connectivity index (χ4n) is 1.84. The number of rotatable bonds is 5. The van der Waals surface area contributed by atoms with Crippen LogP contribution in [0.25, 0.3) is 6.08 Å². The molecule has 0 unspecified atom stereocenters. The first kappa shape index (κ1) is 17.4. The maximum Gasteiger partial charge on any atom is 0.329 e. The molecule has 0 saturated carbocycles. The van der Waals surface area contributed by atoms with Gasteiger partial charge in [-0.15, -0.1) is 0 Å². The molecule has 0 atom stereocenters. The highest BCUT2D eigenvalue weighted by atomic mass is 79.9. The molecule has 0 heterocycles. The Morgan fingerprint density at radius 1 is 1.43 bits per heavy atom. The van der Waals surface area contributed by atoms with Crippen molar-refractivity contribution in [3.05, 3.63) is 40.1 Å². The Bertz CT molecular complexity index is 584. The Labute approximate surface area is 131 Å². The number of hydrogen-bond acceptors (Lipinski definition) is 2. The van der Waals surface area contributed by atoms with Gasteiger partial charge in [-0.2, -0.15) is 0 Å². The molecule has 21 heavy (non-hydrogen) atoms. The number of carboxylic acids is 1. The van der Waals surface area contributed by atoms with E-state index in [2.05, 4.69) is 15.9 Å². The summed E-state index contributed by atoms with van der Waals surface area (Å²) >= 11 is 3.22. The third-order valence-electron chi connectivity index (χ3n) is 3.14. The number of likely N-dealkylation sites (N-methyl/N-ethyl adjacent to an activating group) is 1. The van der Waals surface area contributed by atoms with Gasteiger partial charge in [0.1, 0.15) is 11.4 Å².